The highest BCUT2D eigenvalue weighted by Crippen LogP contribution is 2.45. The standard InChI is InChI=1S/C32H18N2S/c33-19-20-14-15-34-28(16-20)23-8-5-7-22(17-23)27-18-30-32(26-11-4-3-10-25(26)27)31-24-9-2-1-6-21(24)12-13-29(31)35-30/h1-18H. The molecule has 0 aliphatic rings. The second-order valence-electron chi connectivity index (χ2n) is 8.73. The highest BCUT2D eigenvalue weighted by Gasteiger charge is 2.15. The highest BCUT2D eigenvalue weighted by atomic mass is 32.1. The smallest absolute Gasteiger partial charge is 0.0992 e. The topological polar surface area (TPSA) is 36.7 Å². The SMILES string of the molecule is N#Cc1ccnc(-c2cccc(-c3cc4sc5ccc6ccccc6c5c4c4ccccc34)c2)c1. The van der Waals surface area contributed by atoms with E-state index in [1.807, 2.05) is 17.4 Å². The van der Waals surface area contributed by atoms with Gasteiger partial charge in [0.1, 0.15) is 0 Å². The molecule has 0 N–H and O–H groups in total. The largest absolute Gasteiger partial charge is 0.256 e. The van der Waals surface area contributed by atoms with Crippen molar-refractivity contribution in [1.29, 1.82) is 5.26 Å². The van der Waals surface area contributed by atoms with Crippen LogP contribution in [0.1, 0.15) is 5.56 Å². The van der Waals surface area contributed by atoms with E-state index in [2.05, 4.69) is 102 Å². The van der Waals surface area contributed by atoms with Crippen LogP contribution in [0.5, 0.6) is 0 Å². The van der Waals surface area contributed by atoms with Crippen molar-refractivity contribution in [2.75, 3.05) is 0 Å². The second kappa shape index (κ2) is 7.77. The van der Waals surface area contributed by atoms with Crippen LogP contribution in [-0.2, 0) is 0 Å². The van der Waals surface area contributed by atoms with Crippen molar-refractivity contribution < 1.29 is 0 Å². The van der Waals surface area contributed by atoms with E-state index in [0.29, 0.717) is 5.56 Å². The van der Waals surface area contributed by atoms with Gasteiger partial charge in [-0.2, -0.15) is 5.26 Å². The summed E-state index contributed by atoms with van der Waals surface area (Å²) in [4.78, 5) is 4.51. The molecule has 0 aliphatic carbocycles. The summed E-state index contributed by atoms with van der Waals surface area (Å²) >= 11 is 1.86. The van der Waals surface area contributed by atoms with Gasteiger partial charge in [-0.25, -0.2) is 0 Å². The molecule has 0 fully saturated rings. The van der Waals surface area contributed by atoms with Gasteiger partial charge in [0.25, 0.3) is 0 Å². The summed E-state index contributed by atoms with van der Waals surface area (Å²) in [6.45, 7) is 0. The molecule has 0 saturated carbocycles. The molecule has 5 aromatic carbocycles. The van der Waals surface area contributed by atoms with Crippen LogP contribution in [0.3, 0.4) is 0 Å². The van der Waals surface area contributed by atoms with Gasteiger partial charge in [0, 0.05) is 31.9 Å². The molecule has 7 rings (SSSR count). The summed E-state index contributed by atoms with van der Waals surface area (Å²) in [6, 6.07) is 38.5. The van der Waals surface area contributed by atoms with Gasteiger partial charge in [-0.15, -0.1) is 11.3 Å². The number of thiophene rings is 1. The molecule has 2 heterocycles. The van der Waals surface area contributed by atoms with Gasteiger partial charge in [-0.1, -0.05) is 72.8 Å². The lowest BCUT2D eigenvalue weighted by molar-refractivity contribution is 1.31. The number of benzene rings is 5. The Labute approximate surface area is 206 Å². The van der Waals surface area contributed by atoms with Crippen LogP contribution in [0.25, 0.3) is 64.1 Å². The van der Waals surface area contributed by atoms with E-state index >= 15 is 0 Å². The zero-order valence-electron chi connectivity index (χ0n) is 18.7. The zero-order chi connectivity index (χ0) is 23.4. The van der Waals surface area contributed by atoms with Gasteiger partial charge in [0.15, 0.2) is 0 Å². The lowest BCUT2D eigenvalue weighted by Gasteiger charge is -2.11. The molecule has 2 aromatic heterocycles. The number of pyridine rings is 1. The lowest BCUT2D eigenvalue weighted by atomic mass is 9.93. The number of nitrogens with zero attached hydrogens (tertiary/aromatic N) is 2. The molecule has 35 heavy (non-hydrogen) atoms. The highest BCUT2D eigenvalue weighted by molar-refractivity contribution is 7.26. The van der Waals surface area contributed by atoms with E-state index in [-0.39, 0.29) is 0 Å². The minimum Gasteiger partial charge on any atom is -0.256 e. The molecule has 7 aromatic rings. The maximum atomic E-state index is 9.31. The third-order valence-corrected chi connectivity index (χ3v) is 7.83. The maximum absolute atomic E-state index is 9.31. The number of hydrogen-bond donors (Lipinski definition) is 0. The normalized spacial score (nSPS) is 11.4. The first-order valence-corrected chi connectivity index (χ1v) is 12.3. The van der Waals surface area contributed by atoms with Crippen LogP contribution in [0, 0.1) is 11.3 Å². The van der Waals surface area contributed by atoms with Crippen LogP contribution in [0.15, 0.2) is 109 Å². The van der Waals surface area contributed by atoms with Crippen LogP contribution < -0.4 is 0 Å². The van der Waals surface area contributed by atoms with Crippen molar-refractivity contribution in [3.63, 3.8) is 0 Å². The molecule has 2 nitrogen and oxygen atoms in total. The minimum absolute atomic E-state index is 0.616. The molecule has 0 aliphatic heterocycles. The van der Waals surface area contributed by atoms with Gasteiger partial charge in [-0.05, 0) is 63.0 Å². The van der Waals surface area contributed by atoms with Crippen molar-refractivity contribution >= 4 is 53.1 Å². The molecular weight excluding hydrogens is 444 g/mol. The zero-order valence-corrected chi connectivity index (χ0v) is 19.5. The van der Waals surface area contributed by atoms with Crippen molar-refractivity contribution in [1.82, 2.24) is 4.98 Å². The van der Waals surface area contributed by atoms with Gasteiger partial charge in [-0.3, -0.25) is 4.98 Å². The summed E-state index contributed by atoms with van der Waals surface area (Å²) in [5.41, 5.74) is 4.79. The fourth-order valence-electron chi connectivity index (χ4n) is 5.14. The fourth-order valence-corrected chi connectivity index (χ4v) is 6.32. The van der Waals surface area contributed by atoms with E-state index in [1.54, 1.807) is 12.3 Å². The Kier molecular flexibility index (Phi) is 4.42. The Morgan fingerprint density at radius 1 is 0.629 bits per heavy atom. The van der Waals surface area contributed by atoms with E-state index < -0.39 is 0 Å². The summed E-state index contributed by atoms with van der Waals surface area (Å²) in [7, 11) is 0. The van der Waals surface area contributed by atoms with Gasteiger partial charge in [0.2, 0.25) is 0 Å². The van der Waals surface area contributed by atoms with E-state index in [0.717, 1.165) is 16.8 Å². The Hall–Kier alpha value is -4.52. The average Bonchev–Trinajstić information content (AvgIpc) is 3.32. The van der Waals surface area contributed by atoms with Gasteiger partial charge in [0.05, 0.1) is 17.3 Å². The second-order valence-corrected chi connectivity index (χ2v) is 9.81. The fraction of sp³-hybridized carbons (Fsp3) is 0. The Balaban J connectivity index is 1.53. The summed E-state index contributed by atoms with van der Waals surface area (Å²) in [5, 5.41) is 17.1. The lowest BCUT2D eigenvalue weighted by Crippen LogP contribution is -1.87. The molecule has 0 unspecified atom stereocenters. The third-order valence-electron chi connectivity index (χ3n) is 6.73. The number of aromatic nitrogens is 1. The molecule has 0 atom stereocenters. The van der Waals surface area contributed by atoms with Crippen LogP contribution in [0.4, 0.5) is 0 Å². The van der Waals surface area contributed by atoms with Gasteiger partial charge >= 0.3 is 0 Å². The van der Waals surface area contributed by atoms with Crippen LogP contribution >= 0.6 is 11.3 Å². The molecule has 3 heteroatoms. The number of nitriles is 1. The molecule has 162 valence electrons. The van der Waals surface area contributed by atoms with E-state index in [4.69, 9.17) is 0 Å². The predicted molar refractivity (Wildman–Crippen MR) is 148 cm³/mol. The predicted octanol–water partition coefficient (Wildman–Crippen LogP) is 8.96. The molecule has 0 spiro atoms. The average molecular weight is 463 g/mol. The van der Waals surface area contributed by atoms with Crippen LogP contribution in [-0.4, -0.2) is 4.98 Å². The van der Waals surface area contributed by atoms with Crippen LogP contribution in [0.2, 0.25) is 0 Å². The quantitative estimate of drug-likeness (QED) is 0.257. The first-order valence-electron chi connectivity index (χ1n) is 11.5. The molecule has 0 radical (unpaired) electrons. The number of fused-ring (bicyclic) bond motifs is 7. The first kappa shape index (κ1) is 19.9. The number of hydrogen-bond acceptors (Lipinski definition) is 3. The third kappa shape index (κ3) is 3.12. The van der Waals surface area contributed by atoms with Crippen molar-refractivity contribution in [3.05, 3.63) is 115 Å². The van der Waals surface area contributed by atoms with Crippen molar-refractivity contribution in [3.8, 4) is 28.5 Å². The number of rotatable bonds is 2. The van der Waals surface area contributed by atoms with E-state index in [9.17, 15) is 5.26 Å². The molecule has 0 amide bonds. The molecular formula is C32H18N2S. The minimum atomic E-state index is 0.616. The maximum Gasteiger partial charge on any atom is 0.0992 e. The first-order chi connectivity index (χ1) is 17.3. The Morgan fingerprint density at radius 3 is 2.29 bits per heavy atom. The molecule has 0 saturated heterocycles. The van der Waals surface area contributed by atoms with E-state index in [1.165, 1.54) is 47.3 Å². The monoisotopic (exact) mass is 462 g/mol. The summed E-state index contributed by atoms with van der Waals surface area (Å²) in [5.74, 6) is 0. The van der Waals surface area contributed by atoms with Crippen molar-refractivity contribution in [2.45, 2.75) is 0 Å². The van der Waals surface area contributed by atoms with Gasteiger partial charge < -0.3 is 0 Å². The van der Waals surface area contributed by atoms with Crippen molar-refractivity contribution in [2.24, 2.45) is 0 Å². The Bertz CT molecular complexity index is 1970. The Morgan fingerprint density at radius 2 is 1.40 bits per heavy atom. The molecule has 0 bridgehead atoms. The summed E-state index contributed by atoms with van der Waals surface area (Å²) in [6.07, 6.45) is 1.70. The summed E-state index contributed by atoms with van der Waals surface area (Å²) < 4.78 is 2.60.